The standard InChI is InChI=1S/C43H73NO4/c1-5-7-9-11-13-15-17-19-21-23-25-27-29-31-33-35-40(45)47-39-37-38-42(44(3)4)43(38,39)48-41(46)36-34-32-30-28-26-24-22-20-18-16-14-12-10-8-6-2/h13-16,19-22,38-39,42H,5-12,17-18,23-37H2,1-4H3/b15-13-,16-14-,21-19-,22-20-/t38-,39-,42?,43+/m0/s1. The predicted molar refractivity (Wildman–Crippen MR) is 203 cm³/mol. The van der Waals surface area contributed by atoms with Crippen LogP contribution in [-0.4, -0.2) is 48.7 Å². The lowest BCUT2D eigenvalue weighted by Crippen LogP contribution is -2.48. The van der Waals surface area contributed by atoms with Gasteiger partial charge in [-0.1, -0.05) is 127 Å². The van der Waals surface area contributed by atoms with E-state index in [1.165, 1.54) is 77.0 Å². The number of ether oxygens (including phenoxy) is 2. The van der Waals surface area contributed by atoms with Gasteiger partial charge in [0.05, 0.1) is 6.04 Å². The first-order valence-electron chi connectivity index (χ1n) is 20.1. The molecule has 274 valence electrons. The van der Waals surface area contributed by atoms with Crippen LogP contribution >= 0.6 is 0 Å². The van der Waals surface area contributed by atoms with E-state index in [4.69, 9.17) is 9.47 Å². The van der Waals surface area contributed by atoms with Crippen LogP contribution in [0.2, 0.25) is 0 Å². The zero-order valence-electron chi connectivity index (χ0n) is 31.6. The summed E-state index contributed by atoms with van der Waals surface area (Å²) in [5.41, 5.74) is -0.619. The van der Waals surface area contributed by atoms with Gasteiger partial charge in [-0.2, -0.15) is 0 Å². The second-order valence-corrected chi connectivity index (χ2v) is 14.5. The Labute approximate surface area is 296 Å². The van der Waals surface area contributed by atoms with Crippen molar-refractivity contribution in [2.24, 2.45) is 5.92 Å². The molecule has 0 bridgehead atoms. The van der Waals surface area contributed by atoms with Crippen LogP contribution in [-0.2, 0) is 19.1 Å². The molecule has 2 aliphatic rings. The van der Waals surface area contributed by atoms with Crippen LogP contribution in [0.3, 0.4) is 0 Å². The van der Waals surface area contributed by atoms with E-state index in [0.717, 1.165) is 70.6 Å². The van der Waals surface area contributed by atoms with Crippen LogP contribution in [0.1, 0.15) is 174 Å². The molecule has 0 N–H and O–H groups in total. The lowest BCUT2D eigenvalue weighted by atomic mass is 9.91. The number of carbonyl (C=O) groups is 2. The molecule has 2 fully saturated rings. The SMILES string of the molecule is CCCCC/C=C\C/C=C\CCCCCCCC(=O)O[C@H]1C[C@H]2C(N(C)C)[C@]12OC(=O)CCCCCCC/C=C\C/C=C\CCCCC. The molecular formula is C43H73NO4. The molecule has 48 heavy (non-hydrogen) atoms. The average Bonchev–Trinajstić information content (AvgIpc) is 3.60. The first-order valence-corrected chi connectivity index (χ1v) is 20.1. The van der Waals surface area contributed by atoms with E-state index in [1.54, 1.807) is 0 Å². The van der Waals surface area contributed by atoms with Crippen molar-refractivity contribution >= 4 is 11.9 Å². The summed E-state index contributed by atoms with van der Waals surface area (Å²) in [6.07, 6.45) is 45.3. The molecule has 0 aromatic heterocycles. The Hall–Kier alpha value is -2.14. The van der Waals surface area contributed by atoms with Gasteiger partial charge in [-0.25, -0.2) is 0 Å². The minimum absolute atomic E-state index is 0.135. The fourth-order valence-electron chi connectivity index (χ4n) is 7.16. The summed E-state index contributed by atoms with van der Waals surface area (Å²) in [7, 11) is 4.06. The van der Waals surface area contributed by atoms with E-state index >= 15 is 0 Å². The third-order valence-corrected chi connectivity index (χ3v) is 10.1. The molecule has 2 aliphatic carbocycles. The monoisotopic (exact) mass is 668 g/mol. The van der Waals surface area contributed by atoms with Crippen molar-refractivity contribution in [2.45, 2.75) is 192 Å². The van der Waals surface area contributed by atoms with Crippen LogP contribution in [0.15, 0.2) is 48.6 Å². The minimum Gasteiger partial charge on any atom is -0.458 e. The average molecular weight is 668 g/mol. The highest BCUT2D eigenvalue weighted by molar-refractivity contribution is 5.72. The summed E-state index contributed by atoms with van der Waals surface area (Å²) in [5.74, 6) is 0.0110. The van der Waals surface area contributed by atoms with Crippen molar-refractivity contribution in [3.05, 3.63) is 48.6 Å². The number of esters is 2. The molecule has 0 aromatic rings. The molecule has 0 aliphatic heterocycles. The van der Waals surface area contributed by atoms with Gasteiger partial charge in [0.25, 0.3) is 0 Å². The smallest absolute Gasteiger partial charge is 0.306 e. The molecule has 2 saturated carbocycles. The summed E-state index contributed by atoms with van der Waals surface area (Å²) in [5, 5.41) is 0. The van der Waals surface area contributed by atoms with E-state index in [-0.39, 0.29) is 30.0 Å². The number of hydrogen-bond donors (Lipinski definition) is 0. The van der Waals surface area contributed by atoms with Gasteiger partial charge < -0.3 is 14.4 Å². The normalized spacial score (nSPS) is 21.9. The zero-order chi connectivity index (χ0) is 34.7. The van der Waals surface area contributed by atoms with Crippen molar-refractivity contribution in [1.29, 1.82) is 0 Å². The van der Waals surface area contributed by atoms with Gasteiger partial charge in [0.15, 0.2) is 5.60 Å². The predicted octanol–water partition coefficient (Wildman–Crippen LogP) is 11.8. The number of fused-ring (bicyclic) bond motifs is 1. The molecule has 0 saturated heterocycles. The maximum Gasteiger partial charge on any atom is 0.306 e. The Morgan fingerprint density at radius 2 is 1.00 bits per heavy atom. The molecular weight excluding hydrogens is 594 g/mol. The number of hydrogen-bond acceptors (Lipinski definition) is 5. The van der Waals surface area contributed by atoms with E-state index in [0.29, 0.717) is 12.8 Å². The fourth-order valence-corrected chi connectivity index (χ4v) is 7.16. The Morgan fingerprint density at radius 3 is 1.44 bits per heavy atom. The largest absolute Gasteiger partial charge is 0.458 e. The van der Waals surface area contributed by atoms with Crippen LogP contribution in [0.25, 0.3) is 0 Å². The summed E-state index contributed by atoms with van der Waals surface area (Å²) in [6, 6.07) is 0.153. The van der Waals surface area contributed by atoms with Gasteiger partial charge in [0, 0.05) is 18.8 Å². The minimum atomic E-state index is -0.619. The Kier molecular flexibility index (Phi) is 23.4. The van der Waals surface area contributed by atoms with Gasteiger partial charge in [0.1, 0.15) is 6.10 Å². The Balaban J connectivity index is 1.51. The number of rotatable bonds is 31. The third kappa shape index (κ3) is 17.0. The number of unbranched alkanes of at least 4 members (excludes halogenated alkanes) is 16. The maximum absolute atomic E-state index is 12.8. The second kappa shape index (κ2) is 26.7. The topological polar surface area (TPSA) is 55.8 Å². The van der Waals surface area contributed by atoms with E-state index in [2.05, 4.69) is 67.4 Å². The summed E-state index contributed by atoms with van der Waals surface area (Å²) < 4.78 is 12.0. The lowest BCUT2D eigenvalue weighted by molar-refractivity contribution is -0.187. The number of allylic oxidation sites excluding steroid dienone is 8. The number of carbonyl (C=O) groups excluding carboxylic acids is 2. The quantitative estimate of drug-likeness (QED) is 0.0418. The first kappa shape index (κ1) is 42.0. The number of nitrogens with zero attached hydrogens (tertiary/aromatic N) is 1. The van der Waals surface area contributed by atoms with E-state index in [9.17, 15) is 9.59 Å². The van der Waals surface area contributed by atoms with Gasteiger partial charge >= 0.3 is 11.9 Å². The van der Waals surface area contributed by atoms with Gasteiger partial charge in [-0.3, -0.25) is 9.59 Å². The molecule has 1 unspecified atom stereocenters. The fraction of sp³-hybridized carbons (Fsp3) is 0.767. The summed E-state index contributed by atoms with van der Waals surface area (Å²) in [4.78, 5) is 27.6. The van der Waals surface area contributed by atoms with Crippen molar-refractivity contribution in [3.8, 4) is 0 Å². The van der Waals surface area contributed by atoms with Gasteiger partial charge in [-0.05, 0) is 97.6 Å². The molecule has 5 heteroatoms. The molecule has 0 radical (unpaired) electrons. The Bertz CT molecular complexity index is 966. The summed E-state index contributed by atoms with van der Waals surface area (Å²) in [6.45, 7) is 4.49. The van der Waals surface area contributed by atoms with E-state index < -0.39 is 5.60 Å². The highest BCUT2D eigenvalue weighted by atomic mass is 16.6. The van der Waals surface area contributed by atoms with Crippen molar-refractivity contribution < 1.29 is 19.1 Å². The van der Waals surface area contributed by atoms with Crippen LogP contribution in [0.4, 0.5) is 0 Å². The lowest BCUT2D eigenvalue weighted by Gasteiger charge is -2.35. The molecule has 0 heterocycles. The van der Waals surface area contributed by atoms with Crippen molar-refractivity contribution in [2.75, 3.05) is 14.1 Å². The maximum atomic E-state index is 12.8. The Morgan fingerprint density at radius 1 is 0.583 bits per heavy atom. The van der Waals surface area contributed by atoms with Crippen LogP contribution < -0.4 is 0 Å². The molecule has 0 amide bonds. The number of likely N-dealkylation sites (N-methyl/N-ethyl adjacent to an activating group) is 1. The second-order valence-electron chi connectivity index (χ2n) is 14.5. The van der Waals surface area contributed by atoms with Crippen molar-refractivity contribution in [1.82, 2.24) is 4.90 Å². The highest BCUT2D eigenvalue weighted by Crippen LogP contribution is 2.65. The van der Waals surface area contributed by atoms with Gasteiger partial charge in [-0.15, -0.1) is 0 Å². The molecule has 0 aromatic carbocycles. The van der Waals surface area contributed by atoms with Crippen molar-refractivity contribution in [3.63, 3.8) is 0 Å². The van der Waals surface area contributed by atoms with Crippen LogP contribution in [0.5, 0.6) is 0 Å². The van der Waals surface area contributed by atoms with E-state index in [1.807, 2.05) is 14.1 Å². The van der Waals surface area contributed by atoms with Crippen LogP contribution in [0, 0.1) is 5.92 Å². The summed E-state index contributed by atoms with van der Waals surface area (Å²) >= 11 is 0. The van der Waals surface area contributed by atoms with Gasteiger partial charge in [0.2, 0.25) is 0 Å². The first-order chi connectivity index (χ1) is 23.5. The zero-order valence-corrected chi connectivity index (χ0v) is 31.6. The highest BCUT2D eigenvalue weighted by Gasteiger charge is 2.82. The molecule has 4 atom stereocenters. The molecule has 2 rings (SSSR count). The third-order valence-electron chi connectivity index (χ3n) is 10.1. The molecule has 5 nitrogen and oxygen atoms in total. The molecule has 0 spiro atoms.